The van der Waals surface area contributed by atoms with Crippen molar-refractivity contribution in [3.8, 4) is 5.75 Å². The predicted octanol–water partition coefficient (Wildman–Crippen LogP) is 2.23. The molecule has 138 valence electrons. The Kier molecular flexibility index (Phi) is 5.55. The van der Waals surface area contributed by atoms with Gasteiger partial charge in [0, 0.05) is 31.4 Å². The lowest BCUT2D eigenvalue weighted by Gasteiger charge is -2.30. The van der Waals surface area contributed by atoms with Crippen molar-refractivity contribution in [2.45, 2.75) is 26.3 Å². The van der Waals surface area contributed by atoms with Crippen molar-refractivity contribution in [2.75, 3.05) is 30.8 Å². The van der Waals surface area contributed by atoms with E-state index in [1.165, 1.54) is 6.20 Å². The third-order valence-electron chi connectivity index (χ3n) is 4.75. The van der Waals surface area contributed by atoms with Crippen LogP contribution in [0, 0.1) is 5.92 Å². The standard InChI is InChI=1S/C19H25N5O2/c1-13-7-9-24(10-8-13)19-22-12-15(17(20)23-19)18(25)21-11-14-5-3-4-6-16(14)26-2/h3-6,12-13H,7-11H2,1-2H3,(H,21,25)(H2,20,22,23). The van der Waals surface area contributed by atoms with Crippen LogP contribution in [0.1, 0.15) is 35.7 Å². The van der Waals surface area contributed by atoms with E-state index in [0.29, 0.717) is 12.5 Å². The molecular formula is C19H25N5O2. The second-order valence-electron chi connectivity index (χ2n) is 6.63. The van der Waals surface area contributed by atoms with E-state index in [4.69, 9.17) is 10.5 Å². The molecule has 7 nitrogen and oxygen atoms in total. The van der Waals surface area contributed by atoms with Crippen molar-refractivity contribution in [3.63, 3.8) is 0 Å². The van der Waals surface area contributed by atoms with Crippen molar-refractivity contribution in [3.05, 3.63) is 41.6 Å². The first-order valence-electron chi connectivity index (χ1n) is 8.86. The topological polar surface area (TPSA) is 93.4 Å². The van der Waals surface area contributed by atoms with Crippen LogP contribution in [0.2, 0.25) is 0 Å². The molecule has 1 amide bonds. The van der Waals surface area contributed by atoms with Crippen molar-refractivity contribution in [2.24, 2.45) is 5.92 Å². The number of methoxy groups -OCH3 is 1. The quantitative estimate of drug-likeness (QED) is 0.854. The summed E-state index contributed by atoms with van der Waals surface area (Å²) in [4.78, 5) is 23.2. The lowest BCUT2D eigenvalue weighted by molar-refractivity contribution is 0.0951. The molecule has 1 aromatic heterocycles. The van der Waals surface area contributed by atoms with Crippen LogP contribution in [0.15, 0.2) is 30.5 Å². The fourth-order valence-corrected chi connectivity index (χ4v) is 3.04. The van der Waals surface area contributed by atoms with Crippen LogP contribution in [0.25, 0.3) is 0 Å². The van der Waals surface area contributed by atoms with Crippen LogP contribution in [0.5, 0.6) is 5.75 Å². The Morgan fingerprint density at radius 2 is 2.08 bits per heavy atom. The van der Waals surface area contributed by atoms with Crippen LogP contribution in [0.4, 0.5) is 11.8 Å². The van der Waals surface area contributed by atoms with Gasteiger partial charge in [0.15, 0.2) is 0 Å². The van der Waals surface area contributed by atoms with Crippen molar-refractivity contribution >= 4 is 17.7 Å². The number of para-hydroxylation sites is 1. The largest absolute Gasteiger partial charge is 0.496 e. The van der Waals surface area contributed by atoms with E-state index in [1.54, 1.807) is 7.11 Å². The number of nitrogens with zero attached hydrogens (tertiary/aromatic N) is 3. The monoisotopic (exact) mass is 355 g/mol. The Morgan fingerprint density at radius 1 is 1.35 bits per heavy atom. The molecule has 2 aromatic rings. The zero-order valence-electron chi connectivity index (χ0n) is 15.2. The van der Waals surface area contributed by atoms with E-state index in [2.05, 4.69) is 27.1 Å². The van der Waals surface area contributed by atoms with Crippen LogP contribution >= 0.6 is 0 Å². The number of carbonyl (C=O) groups is 1. The molecule has 0 aliphatic carbocycles. The van der Waals surface area contributed by atoms with Gasteiger partial charge in [-0.15, -0.1) is 0 Å². The summed E-state index contributed by atoms with van der Waals surface area (Å²) in [7, 11) is 1.60. The molecule has 1 aliphatic rings. The number of benzene rings is 1. The number of anilines is 2. The Bertz CT molecular complexity index is 772. The smallest absolute Gasteiger partial charge is 0.256 e. The minimum Gasteiger partial charge on any atom is -0.496 e. The number of hydrogen-bond donors (Lipinski definition) is 2. The summed E-state index contributed by atoms with van der Waals surface area (Å²) < 4.78 is 5.29. The van der Waals surface area contributed by atoms with E-state index in [0.717, 1.165) is 43.2 Å². The molecule has 2 heterocycles. The highest BCUT2D eigenvalue weighted by Gasteiger charge is 2.20. The number of carbonyl (C=O) groups excluding carboxylic acids is 1. The maximum Gasteiger partial charge on any atom is 0.256 e. The van der Waals surface area contributed by atoms with Gasteiger partial charge in [0.05, 0.1) is 12.7 Å². The summed E-state index contributed by atoms with van der Waals surface area (Å²) in [6, 6.07) is 7.54. The number of piperidine rings is 1. The third kappa shape index (κ3) is 4.04. The average Bonchev–Trinajstić information content (AvgIpc) is 2.66. The zero-order chi connectivity index (χ0) is 18.5. The third-order valence-corrected chi connectivity index (χ3v) is 4.75. The van der Waals surface area contributed by atoms with Gasteiger partial charge in [-0.25, -0.2) is 4.98 Å². The Hall–Kier alpha value is -2.83. The molecule has 0 radical (unpaired) electrons. The number of nitrogens with one attached hydrogen (secondary N) is 1. The summed E-state index contributed by atoms with van der Waals surface area (Å²) in [6.07, 6.45) is 3.74. The van der Waals surface area contributed by atoms with Gasteiger partial charge >= 0.3 is 0 Å². The van der Waals surface area contributed by atoms with Gasteiger partial charge in [0.2, 0.25) is 5.95 Å². The lowest BCUT2D eigenvalue weighted by Crippen LogP contribution is -2.34. The summed E-state index contributed by atoms with van der Waals surface area (Å²) in [6.45, 7) is 4.43. The molecule has 0 unspecified atom stereocenters. The molecule has 1 aliphatic heterocycles. The fraction of sp³-hybridized carbons (Fsp3) is 0.421. The van der Waals surface area contributed by atoms with E-state index in [9.17, 15) is 4.79 Å². The summed E-state index contributed by atoms with van der Waals surface area (Å²) >= 11 is 0. The van der Waals surface area contributed by atoms with Crippen molar-refractivity contribution in [1.82, 2.24) is 15.3 Å². The molecule has 0 saturated carbocycles. The molecule has 1 aromatic carbocycles. The van der Waals surface area contributed by atoms with E-state index >= 15 is 0 Å². The van der Waals surface area contributed by atoms with Crippen LogP contribution in [-0.2, 0) is 6.54 Å². The van der Waals surface area contributed by atoms with Crippen molar-refractivity contribution in [1.29, 1.82) is 0 Å². The zero-order valence-corrected chi connectivity index (χ0v) is 15.2. The molecule has 0 spiro atoms. The van der Waals surface area contributed by atoms with E-state index < -0.39 is 0 Å². The van der Waals surface area contributed by atoms with Gasteiger partial charge in [-0.1, -0.05) is 25.1 Å². The molecule has 0 bridgehead atoms. The summed E-state index contributed by atoms with van der Waals surface area (Å²) in [5.74, 6) is 1.95. The second-order valence-corrected chi connectivity index (χ2v) is 6.63. The number of nitrogen functional groups attached to an aromatic ring is 1. The van der Waals surface area contributed by atoms with Gasteiger partial charge < -0.3 is 20.7 Å². The SMILES string of the molecule is COc1ccccc1CNC(=O)c1cnc(N2CCC(C)CC2)nc1N. The highest BCUT2D eigenvalue weighted by molar-refractivity contribution is 5.98. The molecule has 3 N–H and O–H groups in total. The summed E-state index contributed by atoms with van der Waals surface area (Å²) in [5.41, 5.74) is 7.19. The van der Waals surface area contributed by atoms with Crippen LogP contribution in [0.3, 0.4) is 0 Å². The van der Waals surface area contributed by atoms with Gasteiger partial charge in [-0.3, -0.25) is 4.79 Å². The first kappa shape index (κ1) is 18.0. The number of hydrogen-bond acceptors (Lipinski definition) is 6. The average molecular weight is 355 g/mol. The highest BCUT2D eigenvalue weighted by Crippen LogP contribution is 2.22. The minimum atomic E-state index is -0.299. The fourth-order valence-electron chi connectivity index (χ4n) is 3.04. The van der Waals surface area contributed by atoms with Crippen LogP contribution < -0.4 is 20.7 Å². The van der Waals surface area contributed by atoms with Gasteiger partial charge in [-0.05, 0) is 24.8 Å². The van der Waals surface area contributed by atoms with Crippen molar-refractivity contribution < 1.29 is 9.53 Å². The first-order valence-corrected chi connectivity index (χ1v) is 8.86. The number of ether oxygens (including phenoxy) is 1. The van der Waals surface area contributed by atoms with Gasteiger partial charge in [0.25, 0.3) is 5.91 Å². The van der Waals surface area contributed by atoms with E-state index in [1.807, 2.05) is 24.3 Å². The van der Waals surface area contributed by atoms with Gasteiger partial charge in [0.1, 0.15) is 11.6 Å². The minimum absolute atomic E-state index is 0.200. The predicted molar refractivity (Wildman–Crippen MR) is 101 cm³/mol. The van der Waals surface area contributed by atoms with E-state index in [-0.39, 0.29) is 17.3 Å². The summed E-state index contributed by atoms with van der Waals surface area (Å²) in [5, 5.41) is 2.84. The Morgan fingerprint density at radius 3 is 2.77 bits per heavy atom. The van der Waals surface area contributed by atoms with Crippen LogP contribution in [-0.4, -0.2) is 36.1 Å². The molecular weight excluding hydrogens is 330 g/mol. The number of nitrogens with two attached hydrogens (primary N) is 1. The molecule has 1 saturated heterocycles. The Balaban J connectivity index is 1.66. The normalized spacial score (nSPS) is 14.9. The maximum atomic E-state index is 12.4. The number of amides is 1. The second kappa shape index (κ2) is 8.03. The maximum absolute atomic E-state index is 12.4. The molecule has 26 heavy (non-hydrogen) atoms. The van der Waals surface area contributed by atoms with Gasteiger partial charge in [-0.2, -0.15) is 4.98 Å². The Labute approximate surface area is 153 Å². The molecule has 0 atom stereocenters. The highest BCUT2D eigenvalue weighted by atomic mass is 16.5. The molecule has 3 rings (SSSR count). The first-order chi connectivity index (χ1) is 12.6. The number of aromatic nitrogens is 2. The molecule has 1 fully saturated rings. The molecule has 7 heteroatoms. The lowest BCUT2D eigenvalue weighted by atomic mass is 10.00. The number of rotatable bonds is 5.